The van der Waals surface area contributed by atoms with E-state index in [0.29, 0.717) is 24.0 Å². The Kier molecular flexibility index (Phi) is 4.07. The van der Waals surface area contributed by atoms with Gasteiger partial charge < -0.3 is 9.73 Å². The molecule has 1 fully saturated rings. The van der Waals surface area contributed by atoms with Crippen molar-refractivity contribution in [3.63, 3.8) is 0 Å². The molecule has 6 nitrogen and oxygen atoms in total. The summed E-state index contributed by atoms with van der Waals surface area (Å²) >= 11 is 0. The largest absolute Gasteiger partial charge is 0.444 e. The van der Waals surface area contributed by atoms with E-state index >= 15 is 0 Å². The molecule has 0 unspecified atom stereocenters. The number of nitrogens with zero attached hydrogens (tertiary/aromatic N) is 2. The van der Waals surface area contributed by atoms with Crippen LogP contribution in [0.2, 0.25) is 0 Å². The second-order valence-corrected chi connectivity index (χ2v) is 6.34. The van der Waals surface area contributed by atoms with Gasteiger partial charge in [-0.2, -0.15) is 0 Å². The molecule has 1 aliphatic heterocycles. The second-order valence-electron chi connectivity index (χ2n) is 6.34. The number of carbonyl (C=O) groups excluding carboxylic acids is 2. The quantitative estimate of drug-likeness (QED) is 0.846. The van der Waals surface area contributed by atoms with Crippen LogP contribution < -0.4 is 5.32 Å². The number of imide groups is 1. The van der Waals surface area contributed by atoms with Crippen molar-refractivity contribution in [1.29, 1.82) is 0 Å². The van der Waals surface area contributed by atoms with Gasteiger partial charge in [-0.15, -0.1) is 0 Å². The minimum absolute atomic E-state index is 0.0800. The van der Waals surface area contributed by atoms with Crippen molar-refractivity contribution in [3.05, 3.63) is 17.3 Å². The molecule has 1 atom stereocenters. The van der Waals surface area contributed by atoms with Gasteiger partial charge in [0, 0.05) is 0 Å². The first-order chi connectivity index (χ1) is 9.73. The number of nitrogens with one attached hydrogen (secondary N) is 1. The smallest absolute Gasteiger partial charge is 0.325 e. The van der Waals surface area contributed by atoms with Gasteiger partial charge in [0.25, 0.3) is 5.91 Å². The van der Waals surface area contributed by atoms with E-state index in [1.807, 2.05) is 13.8 Å². The Hall–Kier alpha value is -1.85. The molecule has 0 spiro atoms. The molecule has 1 aliphatic rings. The van der Waals surface area contributed by atoms with Gasteiger partial charge in [0.1, 0.15) is 17.8 Å². The van der Waals surface area contributed by atoms with Crippen LogP contribution in [0.4, 0.5) is 4.79 Å². The van der Waals surface area contributed by atoms with E-state index in [1.165, 1.54) is 4.90 Å². The lowest BCUT2D eigenvalue weighted by Crippen LogP contribution is -2.44. The van der Waals surface area contributed by atoms with E-state index < -0.39 is 5.54 Å². The van der Waals surface area contributed by atoms with E-state index in [-0.39, 0.29) is 18.5 Å². The predicted octanol–water partition coefficient (Wildman–Crippen LogP) is 2.54. The lowest BCUT2D eigenvalue weighted by atomic mass is 9.92. The number of aryl methyl sites for hydroxylation is 2. The Morgan fingerprint density at radius 1 is 1.33 bits per heavy atom. The fraction of sp³-hybridized carbons (Fsp3) is 0.667. The Morgan fingerprint density at radius 2 is 2.00 bits per heavy atom. The molecule has 0 saturated carbocycles. The average molecular weight is 293 g/mol. The third-order valence-corrected chi connectivity index (χ3v) is 3.93. The lowest BCUT2D eigenvalue weighted by molar-refractivity contribution is -0.131. The van der Waals surface area contributed by atoms with Gasteiger partial charge in [-0.3, -0.25) is 9.69 Å². The summed E-state index contributed by atoms with van der Waals surface area (Å²) in [6, 6.07) is -0.375. The van der Waals surface area contributed by atoms with Gasteiger partial charge in [-0.05, 0) is 39.5 Å². The molecule has 0 radical (unpaired) electrons. The van der Waals surface area contributed by atoms with Gasteiger partial charge in [0.2, 0.25) is 5.89 Å². The molecule has 21 heavy (non-hydrogen) atoms. The van der Waals surface area contributed by atoms with Gasteiger partial charge in [0.05, 0.1) is 5.69 Å². The summed E-state index contributed by atoms with van der Waals surface area (Å²) in [4.78, 5) is 30.0. The van der Waals surface area contributed by atoms with Crippen LogP contribution in [0.15, 0.2) is 4.42 Å². The number of urea groups is 1. The number of aromatic nitrogens is 1. The average Bonchev–Trinajstić information content (AvgIpc) is 2.81. The third kappa shape index (κ3) is 3.09. The molecule has 2 rings (SSSR count). The fourth-order valence-corrected chi connectivity index (χ4v) is 2.38. The number of carbonyl (C=O) groups is 2. The highest BCUT2D eigenvalue weighted by Crippen LogP contribution is 2.26. The highest BCUT2D eigenvalue weighted by atomic mass is 16.4. The predicted molar refractivity (Wildman–Crippen MR) is 77.5 cm³/mol. The number of oxazole rings is 1. The van der Waals surface area contributed by atoms with E-state index in [4.69, 9.17) is 4.42 Å². The molecular formula is C15H23N3O3. The van der Waals surface area contributed by atoms with E-state index in [0.717, 1.165) is 12.1 Å². The zero-order valence-electron chi connectivity index (χ0n) is 13.3. The van der Waals surface area contributed by atoms with Crippen LogP contribution in [0.5, 0.6) is 0 Å². The summed E-state index contributed by atoms with van der Waals surface area (Å²) in [6.07, 6.45) is 1.52. The molecule has 1 aromatic rings. The van der Waals surface area contributed by atoms with Crippen molar-refractivity contribution in [2.75, 3.05) is 0 Å². The first-order valence-corrected chi connectivity index (χ1v) is 7.30. The van der Waals surface area contributed by atoms with Crippen LogP contribution in [0.3, 0.4) is 0 Å². The van der Waals surface area contributed by atoms with E-state index in [2.05, 4.69) is 24.1 Å². The van der Waals surface area contributed by atoms with Crippen molar-refractivity contribution in [2.24, 2.45) is 5.92 Å². The summed E-state index contributed by atoms with van der Waals surface area (Å²) in [5, 5.41) is 2.80. The Morgan fingerprint density at radius 3 is 2.52 bits per heavy atom. The van der Waals surface area contributed by atoms with Crippen molar-refractivity contribution in [3.8, 4) is 0 Å². The molecule has 2 heterocycles. The molecule has 0 bridgehead atoms. The van der Waals surface area contributed by atoms with Crippen LogP contribution in [0, 0.1) is 19.8 Å². The first kappa shape index (κ1) is 15.5. The minimum atomic E-state index is -0.821. The Balaban J connectivity index is 2.11. The zero-order chi connectivity index (χ0) is 15.8. The normalized spacial score (nSPS) is 22.3. The molecular weight excluding hydrogens is 270 g/mol. The summed E-state index contributed by atoms with van der Waals surface area (Å²) in [6.45, 7) is 9.70. The SMILES string of the molecule is Cc1nc(CN2C(=O)N[C@](C)(CCC(C)C)C2=O)oc1C. The zero-order valence-corrected chi connectivity index (χ0v) is 13.3. The summed E-state index contributed by atoms with van der Waals surface area (Å²) < 4.78 is 5.45. The monoisotopic (exact) mass is 293 g/mol. The lowest BCUT2D eigenvalue weighted by Gasteiger charge is -2.22. The van der Waals surface area contributed by atoms with Crippen LogP contribution in [0.1, 0.15) is 51.0 Å². The van der Waals surface area contributed by atoms with Gasteiger partial charge in [0.15, 0.2) is 0 Å². The number of rotatable bonds is 5. The van der Waals surface area contributed by atoms with Crippen LogP contribution in [-0.2, 0) is 11.3 Å². The summed E-state index contributed by atoms with van der Waals surface area (Å²) in [7, 11) is 0. The van der Waals surface area contributed by atoms with Crippen LogP contribution >= 0.6 is 0 Å². The topological polar surface area (TPSA) is 75.4 Å². The number of amides is 3. The van der Waals surface area contributed by atoms with Crippen molar-refractivity contribution in [1.82, 2.24) is 15.2 Å². The molecule has 6 heteroatoms. The molecule has 116 valence electrons. The second kappa shape index (κ2) is 5.50. The third-order valence-electron chi connectivity index (χ3n) is 3.93. The maximum Gasteiger partial charge on any atom is 0.325 e. The highest BCUT2D eigenvalue weighted by Gasteiger charge is 2.47. The van der Waals surface area contributed by atoms with Crippen LogP contribution in [-0.4, -0.2) is 27.4 Å². The molecule has 0 aromatic carbocycles. The summed E-state index contributed by atoms with van der Waals surface area (Å²) in [5.74, 6) is 1.38. The molecule has 1 N–H and O–H groups in total. The number of hydrogen-bond donors (Lipinski definition) is 1. The fourth-order valence-electron chi connectivity index (χ4n) is 2.38. The number of hydrogen-bond acceptors (Lipinski definition) is 4. The Labute approximate surface area is 124 Å². The van der Waals surface area contributed by atoms with Gasteiger partial charge >= 0.3 is 6.03 Å². The van der Waals surface area contributed by atoms with Crippen molar-refractivity contribution >= 4 is 11.9 Å². The Bertz CT molecular complexity index is 545. The minimum Gasteiger partial charge on any atom is -0.444 e. The summed E-state index contributed by atoms with van der Waals surface area (Å²) in [5.41, 5.74) is -0.0440. The molecule has 0 aliphatic carbocycles. The maximum absolute atomic E-state index is 12.5. The first-order valence-electron chi connectivity index (χ1n) is 7.30. The van der Waals surface area contributed by atoms with Crippen LogP contribution in [0.25, 0.3) is 0 Å². The highest BCUT2D eigenvalue weighted by molar-refractivity contribution is 6.06. The van der Waals surface area contributed by atoms with Gasteiger partial charge in [-0.1, -0.05) is 13.8 Å². The van der Waals surface area contributed by atoms with E-state index in [1.54, 1.807) is 6.92 Å². The van der Waals surface area contributed by atoms with Crippen molar-refractivity contribution in [2.45, 2.75) is 59.5 Å². The standard InChI is InChI=1S/C15H23N3O3/c1-9(2)6-7-15(5)13(19)18(14(20)17-15)8-12-16-10(3)11(4)21-12/h9H,6-8H2,1-5H3,(H,17,20)/t15-/m1/s1. The van der Waals surface area contributed by atoms with Gasteiger partial charge in [-0.25, -0.2) is 9.78 Å². The maximum atomic E-state index is 12.5. The molecule has 1 saturated heterocycles. The molecule has 1 aromatic heterocycles. The van der Waals surface area contributed by atoms with E-state index in [9.17, 15) is 9.59 Å². The molecule has 3 amide bonds. The van der Waals surface area contributed by atoms with Crippen molar-refractivity contribution < 1.29 is 14.0 Å².